The van der Waals surface area contributed by atoms with Crippen LogP contribution in [-0.2, 0) is 15.7 Å². The van der Waals surface area contributed by atoms with E-state index >= 15 is 0 Å². The van der Waals surface area contributed by atoms with Gasteiger partial charge < -0.3 is 14.6 Å². The van der Waals surface area contributed by atoms with Crippen molar-refractivity contribution in [3.05, 3.63) is 83.1 Å². The molecular formula is C21H16ClF3N2O3. The van der Waals surface area contributed by atoms with Crippen LogP contribution in [0.3, 0.4) is 0 Å². The summed E-state index contributed by atoms with van der Waals surface area (Å²) in [6.45, 7) is 1.27. The van der Waals surface area contributed by atoms with E-state index in [-0.39, 0.29) is 10.6 Å². The number of nitrogens with zero attached hydrogens (tertiary/aromatic N) is 1. The number of hydrogen-bond donors (Lipinski definition) is 1. The Hall–Kier alpha value is -3.26. The molecule has 0 fully saturated rings. The second-order valence-electron chi connectivity index (χ2n) is 6.37. The van der Waals surface area contributed by atoms with Gasteiger partial charge in [-0.2, -0.15) is 13.2 Å². The zero-order chi connectivity index (χ0) is 21.9. The fraction of sp³-hybridized carbons (Fsp3) is 0.143. The van der Waals surface area contributed by atoms with Crippen molar-refractivity contribution in [1.29, 1.82) is 0 Å². The molecule has 0 spiro atoms. The minimum atomic E-state index is -4.72. The highest BCUT2D eigenvalue weighted by Crippen LogP contribution is 2.36. The van der Waals surface area contributed by atoms with Crippen LogP contribution in [0.2, 0.25) is 5.02 Å². The van der Waals surface area contributed by atoms with Crippen LogP contribution in [-0.4, -0.2) is 22.5 Å². The maximum Gasteiger partial charge on any atom is 0.418 e. The average molecular weight is 437 g/mol. The van der Waals surface area contributed by atoms with Gasteiger partial charge in [0.2, 0.25) is 0 Å². The highest BCUT2D eigenvalue weighted by atomic mass is 35.5. The first-order valence-corrected chi connectivity index (χ1v) is 9.15. The summed E-state index contributed by atoms with van der Waals surface area (Å²) in [7, 11) is 0. The van der Waals surface area contributed by atoms with Gasteiger partial charge in [0.1, 0.15) is 0 Å². The minimum Gasteiger partial charge on any atom is -0.449 e. The zero-order valence-electron chi connectivity index (χ0n) is 15.6. The van der Waals surface area contributed by atoms with Crippen molar-refractivity contribution >= 4 is 29.2 Å². The third kappa shape index (κ3) is 5.01. The second kappa shape index (κ2) is 8.62. The Bertz CT molecular complexity index is 1070. The van der Waals surface area contributed by atoms with Crippen LogP contribution in [0.25, 0.3) is 5.69 Å². The number of carbonyl (C=O) groups excluding carboxylic acids is 2. The Morgan fingerprint density at radius 2 is 1.77 bits per heavy atom. The normalized spacial score (nSPS) is 12.3. The van der Waals surface area contributed by atoms with Crippen molar-refractivity contribution in [2.45, 2.75) is 19.2 Å². The first-order valence-electron chi connectivity index (χ1n) is 8.77. The molecule has 1 unspecified atom stereocenters. The quantitative estimate of drug-likeness (QED) is 0.550. The summed E-state index contributed by atoms with van der Waals surface area (Å²) in [5.74, 6) is -1.68. The fourth-order valence-corrected chi connectivity index (χ4v) is 2.85. The molecular weight excluding hydrogens is 421 g/mol. The van der Waals surface area contributed by atoms with E-state index in [2.05, 4.69) is 5.32 Å². The van der Waals surface area contributed by atoms with Gasteiger partial charge in [-0.15, -0.1) is 0 Å². The lowest BCUT2D eigenvalue weighted by molar-refractivity contribution is -0.137. The van der Waals surface area contributed by atoms with E-state index in [1.54, 1.807) is 35.2 Å². The van der Waals surface area contributed by atoms with Crippen LogP contribution in [0.5, 0.6) is 0 Å². The highest BCUT2D eigenvalue weighted by molar-refractivity contribution is 6.30. The van der Waals surface area contributed by atoms with Crippen molar-refractivity contribution in [2.24, 2.45) is 0 Å². The number of hydrogen-bond acceptors (Lipinski definition) is 3. The van der Waals surface area contributed by atoms with Gasteiger partial charge in [-0.3, -0.25) is 4.79 Å². The van der Waals surface area contributed by atoms with Gasteiger partial charge in [0.15, 0.2) is 6.10 Å². The zero-order valence-corrected chi connectivity index (χ0v) is 16.4. The van der Waals surface area contributed by atoms with Gasteiger partial charge in [0.05, 0.1) is 16.8 Å². The number of amides is 1. The summed E-state index contributed by atoms with van der Waals surface area (Å²) in [6.07, 6.45) is -2.45. The van der Waals surface area contributed by atoms with Gasteiger partial charge >= 0.3 is 12.1 Å². The van der Waals surface area contributed by atoms with E-state index in [1.807, 2.05) is 12.1 Å². The lowest BCUT2D eigenvalue weighted by Gasteiger charge is -2.17. The van der Waals surface area contributed by atoms with Crippen molar-refractivity contribution in [3.8, 4) is 5.69 Å². The largest absolute Gasteiger partial charge is 0.449 e. The predicted octanol–water partition coefficient (Wildman–Crippen LogP) is 5.33. The number of nitrogens with one attached hydrogen (secondary N) is 1. The van der Waals surface area contributed by atoms with E-state index in [4.69, 9.17) is 16.3 Å². The Kier molecular flexibility index (Phi) is 6.17. The average Bonchev–Trinajstić information content (AvgIpc) is 3.23. The number of aromatic nitrogens is 1. The Morgan fingerprint density at radius 3 is 2.43 bits per heavy atom. The van der Waals surface area contributed by atoms with E-state index in [0.717, 1.165) is 6.07 Å². The van der Waals surface area contributed by atoms with E-state index < -0.39 is 35.4 Å². The molecule has 1 heterocycles. The first kappa shape index (κ1) is 21.4. The van der Waals surface area contributed by atoms with Gasteiger partial charge in [-0.05, 0) is 55.5 Å². The smallest absolute Gasteiger partial charge is 0.418 e. The summed E-state index contributed by atoms with van der Waals surface area (Å²) in [5.41, 5.74) is -0.665. The molecule has 0 bridgehead atoms. The number of alkyl halides is 3. The van der Waals surface area contributed by atoms with Crippen LogP contribution in [0.1, 0.15) is 22.8 Å². The summed E-state index contributed by atoms with van der Waals surface area (Å²) in [6, 6.07) is 13.1. The summed E-state index contributed by atoms with van der Waals surface area (Å²) >= 11 is 5.62. The predicted molar refractivity (Wildman–Crippen MR) is 106 cm³/mol. The highest BCUT2D eigenvalue weighted by Gasteiger charge is 2.34. The van der Waals surface area contributed by atoms with Crippen LogP contribution in [0, 0.1) is 0 Å². The molecule has 5 nitrogen and oxygen atoms in total. The molecule has 0 aliphatic carbocycles. The third-order valence-electron chi connectivity index (χ3n) is 4.18. The van der Waals surface area contributed by atoms with Gasteiger partial charge in [0.25, 0.3) is 5.91 Å². The molecule has 1 amide bonds. The van der Waals surface area contributed by atoms with Crippen LogP contribution in [0.4, 0.5) is 18.9 Å². The number of anilines is 1. The molecule has 1 atom stereocenters. The second-order valence-corrected chi connectivity index (χ2v) is 6.80. The van der Waals surface area contributed by atoms with Gasteiger partial charge in [-0.25, -0.2) is 4.79 Å². The van der Waals surface area contributed by atoms with Crippen molar-refractivity contribution < 1.29 is 27.5 Å². The molecule has 156 valence electrons. The molecule has 1 N–H and O–H groups in total. The van der Waals surface area contributed by atoms with Crippen molar-refractivity contribution in [1.82, 2.24) is 4.57 Å². The molecule has 3 aromatic rings. The lowest BCUT2D eigenvalue weighted by Crippen LogP contribution is -2.30. The topological polar surface area (TPSA) is 60.3 Å². The molecule has 0 saturated heterocycles. The van der Waals surface area contributed by atoms with Crippen LogP contribution >= 0.6 is 11.6 Å². The molecule has 0 aliphatic rings. The van der Waals surface area contributed by atoms with Crippen LogP contribution in [0.15, 0.2) is 67.0 Å². The number of rotatable bonds is 5. The van der Waals surface area contributed by atoms with Crippen molar-refractivity contribution in [3.63, 3.8) is 0 Å². The molecule has 1 aromatic heterocycles. The van der Waals surface area contributed by atoms with E-state index in [0.29, 0.717) is 11.8 Å². The SMILES string of the molecule is CC(OC(=O)c1cccc(-n2cccc2)c1)C(=O)Nc1ccc(Cl)cc1C(F)(F)F. The number of esters is 1. The summed E-state index contributed by atoms with van der Waals surface area (Å²) in [4.78, 5) is 24.7. The van der Waals surface area contributed by atoms with E-state index in [9.17, 15) is 22.8 Å². The van der Waals surface area contributed by atoms with Gasteiger partial charge in [-0.1, -0.05) is 17.7 Å². The molecule has 2 aromatic carbocycles. The standard InChI is InChI=1S/C21H16ClF3N2O3/c1-13(19(28)26-18-8-7-15(22)12-17(18)21(23,24)25)30-20(29)14-5-4-6-16(11-14)27-9-2-3-10-27/h2-13H,1H3,(H,26,28). The molecule has 0 aliphatic heterocycles. The molecule has 9 heteroatoms. The Labute approximate surface area is 175 Å². The maximum atomic E-state index is 13.2. The number of halogens is 4. The van der Waals surface area contributed by atoms with Crippen molar-refractivity contribution in [2.75, 3.05) is 5.32 Å². The molecule has 3 rings (SSSR count). The van der Waals surface area contributed by atoms with E-state index in [1.165, 1.54) is 19.1 Å². The summed E-state index contributed by atoms with van der Waals surface area (Å²) in [5, 5.41) is 2.01. The number of benzene rings is 2. The first-order chi connectivity index (χ1) is 14.1. The fourth-order valence-electron chi connectivity index (χ4n) is 2.68. The molecule has 0 radical (unpaired) electrons. The number of ether oxygens (including phenoxy) is 1. The van der Waals surface area contributed by atoms with Crippen LogP contribution < -0.4 is 5.32 Å². The Balaban J connectivity index is 1.71. The maximum absolute atomic E-state index is 13.2. The number of carbonyl (C=O) groups is 2. The molecule has 0 saturated carbocycles. The summed E-state index contributed by atoms with van der Waals surface area (Å²) < 4.78 is 46.4. The minimum absolute atomic E-state index is 0.123. The Morgan fingerprint density at radius 1 is 1.07 bits per heavy atom. The third-order valence-corrected chi connectivity index (χ3v) is 4.42. The monoisotopic (exact) mass is 436 g/mol. The molecule has 30 heavy (non-hydrogen) atoms. The van der Waals surface area contributed by atoms with Gasteiger partial charge in [0, 0.05) is 23.1 Å². The lowest BCUT2D eigenvalue weighted by atomic mass is 10.1.